The molecule has 0 atom stereocenters. The van der Waals surface area contributed by atoms with Crippen molar-refractivity contribution in [3.8, 4) is 5.75 Å². The van der Waals surface area contributed by atoms with Gasteiger partial charge in [0.15, 0.2) is 0 Å². The molecule has 2 rings (SSSR count). The van der Waals surface area contributed by atoms with Crippen molar-refractivity contribution in [3.63, 3.8) is 0 Å². The first-order valence-corrected chi connectivity index (χ1v) is 5.85. The molecule has 1 aromatic heterocycles. The summed E-state index contributed by atoms with van der Waals surface area (Å²) in [4.78, 5) is 11.0. The van der Waals surface area contributed by atoms with Crippen LogP contribution in [0.15, 0.2) is 30.5 Å². The number of hydrogen-bond donors (Lipinski definition) is 1. The number of nitrogens with one attached hydrogen (secondary N) is 1. The van der Waals surface area contributed by atoms with Crippen LogP contribution >= 0.6 is 0 Å². The number of anilines is 2. The molecule has 1 N–H and O–H groups in total. The van der Waals surface area contributed by atoms with Gasteiger partial charge in [0, 0.05) is 12.7 Å². The van der Waals surface area contributed by atoms with Crippen LogP contribution < -0.4 is 15.2 Å². The largest absolute Gasteiger partial charge is 0.543 e. The lowest BCUT2D eigenvalue weighted by Crippen LogP contribution is -2.26. The van der Waals surface area contributed by atoms with E-state index >= 15 is 0 Å². The molecule has 0 bridgehead atoms. The van der Waals surface area contributed by atoms with E-state index < -0.39 is 5.97 Å². The number of ether oxygens (including phenoxy) is 1. The number of hydrogen-bond acceptors (Lipinski definition) is 5. The quantitative estimate of drug-likeness (QED) is 0.865. The summed E-state index contributed by atoms with van der Waals surface area (Å²) < 4.78 is 6.58. The summed E-state index contributed by atoms with van der Waals surface area (Å²) in [5.41, 5.74) is 1.15. The van der Waals surface area contributed by atoms with E-state index in [0.717, 1.165) is 11.4 Å². The fourth-order valence-electron chi connectivity index (χ4n) is 1.73. The molecule has 0 spiro atoms. The van der Waals surface area contributed by atoms with Crippen molar-refractivity contribution in [2.45, 2.75) is 6.92 Å². The second-order valence-corrected chi connectivity index (χ2v) is 3.90. The van der Waals surface area contributed by atoms with Gasteiger partial charge in [-0.3, -0.25) is 4.68 Å². The number of carboxylic acid groups (broad SMARTS) is 1. The van der Waals surface area contributed by atoms with E-state index in [-0.39, 0.29) is 5.69 Å². The fourth-order valence-corrected chi connectivity index (χ4v) is 1.73. The minimum atomic E-state index is -1.27. The average Bonchev–Trinajstić information content (AvgIpc) is 2.73. The number of benzene rings is 1. The molecular weight excluding hydrogens is 246 g/mol. The molecule has 19 heavy (non-hydrogen) atoms. The summed E-state index contributed by atoms with van der Waals surface area (Å²) in [5, 5.41) is 17.9. The number of rotatable bonds is 5. The van der Waals surface area contributed by atoms with Crippen molar-refractivity contribution in [1.29, 1.82) is 0 Å². The van der Waals surface area contributed by atoms with Crippen molar-refractivity contribution in [2.75, 3.05) is 11.9 Å². The number of aromatic carboxylic acids is 1. The molecule has 0 radical (unpaired) electrons. The summed E-state index contributed by atoms with van der Waals surface area (Å²) in [6.07, 6.45) is 1.45. The Balaban J connectivity index is 2.19. The highest BCUT2D eigenvalue weighted by molar-refractivity contribution is 5.91. The number of aryl methyl sites for hydroxylation is 1. The monoisotopic (exact) mass is 260 g/mol. The Morgan fingerprint density at radius 2 is 2.11 bits per heavy atom. The minimum Gasteiger partial charge on any atom is -0.543 e. The predicted octanol–water partition coefficient (Wildman–Crippen LogP) is 0.926. The molecule has 1 aromatic carbocycles. The van der Waals surface area contributed by atoms with Gasteiger partial charge in [-0.15, -0.1) is 0 Å². The highest BCUT2D eigenvalue weighted by Crippen LogP contribution is 2.22. The topological polar surface area (TPSA) is 79.2 Å². The summed E-state index contributed by atoms with van der Waals surface area (Å²) >= 11 is 0. The van der Waals surface area contributed by atoms with Crippen molar-refractivity contribution in [1.82, 2.24) is 9.78 Å². The lowest BCUT2D eigenvalue weighted by atomic mass is 10.2. The second-order valence-electron chi connectivity index (χ2n) is 3.90. The number of nitrogens with zero attached hydrogens (tertiary/aromatic N) is 2. The second kappa shape index (κ2) is 5.43. The number of carbonyl (C=O) groups is 1. The maximum absolute atomic E-state index is 11.0. The van der Waals surface area contributed by atoms with Crippen LogP contribution in [0.1, 0.15) is 17.4 Å². The van der Waals surface area contributed by atoms with Crippen LogP contribution in [-0.4, -0.2) is 22.4 Å². The highest BCUT2D eigenvalue weighted by atomic mass is 16.5. The SMILES string of the molecule is CCOc1ccc(Nc2cnn(C)c2C(=O)[O-])cc1. The van der Waals surface area contributed by atoms with E-state index in [1.54, 1.807) is 31.3 Å². The smallest absolute Gasteiger partial charge is 0.119 e. The molecule has 0 aliphatic carbocycles. The van der Waals surface area contributed by atoms with Crippen molar-refractivity contribution in [3.05, 3.63) is 36.2 Å². The number of aromatic nitrogens is 2. The van der Waals surface area contributed by atoms with Gasteiger partial charge in [0.25, 0.3) is 0 Å². The predicted molar refractivity (Wildman–Crippen MR) is 68.4 cm³/mol. The zero-order valence-electron chi connectivity index (χ0n) is 10.7. The summed E-state index contributed by atoms with van der Waals surface area (Å²) in [7, 11) is 1.55. The number of carbonyl (C=O) groups excluding carboxylic acids is 1. The minimum absolute atomic E-state index is 0.00823. The Hall–Kier alpha value is -2.50. The highest BCUT2D eigenvalue weighted by Gasteiger charge is 2.09. The van der Waals surface area contributed by atoms with Crippen molar-refractivity contribution >= 4 is 17.3 Å². The first kappa shape index (κ1) is 12.9. The number of carboxylic acids is 1. The third kappa shape index (κ3) is 2.85. The maximum Gasteiger partial charge on any atom is 0.119 e. The molecule has 0 fully saturated rings. The Bertz CT molecular complexity index is 575. The van der Waals surface area contributed by atoms with Gasteiger partial charge in [0.1, 0.15) is 11.4 Å². The summed E-state index contributed by atoms with van der Waals surface area (Å²) in [6, 6.07) is 7.22. The third-order valence-electron chi connectivity index (χ3n) is 2.58. The van der Waals surface area contributed by atoms with Crippen LogP contribution in [0.5, 0.6) is 5.75 Å². The van der Waals surface area contributed by atoms with E-state index in [4.69, 9.17) is 4.74 Å². The van der Waals surface area contributed by atoms with Gasteiger partial charge in [0.05, 0.1) is 24.5 Å². The van der Waals surface area contributed by atoms with E-state index in [0.29, 0.717) is 12.3 Å². The molecule has 6 heteroatoms. The Morgan fingerprint density at radius 3 is 2.68 bits per heavy atom. The first-order valence-electron chi connectivity index (χ1n) is 5.85. The van der Waals surface area contributed by atoms with Gasteiger partial charge in [0.2, 0.25) is 0 Å². The molecular formula is C13H14N3O3-. The molecule has 6 nitrogen and oxygen atoms in total. The Morgan fingerprint density at radius 1 is 1.42 bits per heavy atom. The lowest BCUT2D eigenvalue weighted by Gasteiger charge is -2.10. The van der Waals surface area contributed by atoms with Gasteiger partial charge in [-0.25, -0.2) is 0 Å². The molecule has 0 saturated carbocycles. The zero-order chi connectivity index (χ0) is 13.8. The van der Waals surface area contributed by atoms with Gasteiger partial charge in [-0.1, -0.05) is 0 Å². The normalized spacial score (nSPS) is 10.2. The van der Waals surface area contributed by atoms with Crippen LogP contribution in [0, 0.1) is 0 Å². The molecule has 0 aliphatic rings. The molecule has 0 aliphatic heterocycles. The first-order chi connectivity index (χ1) is 9.11. The van der Waals surface area contributed by atoms with E-state index in [2.05, 4.69) is 10.4 Å². The van der Waals surface area contributed by atoms with Gasteiger partial charge < -0.3 is 20.0 Å². The third-order valence-corrected chi connectivity index (χ3v) is 2.58. The average molecular weight is 260 g/mol. The van der Waals surface area contributed by atoms with Crippen LogP contribution in [0.25, 0.3) is 0 Å². The van der Waals surface area contributed by atoms with Crippen LogP contribution in [0.2, 0.25) is 0 Å². The lowest BCUT2D eigenvalue weighted by molar-refractivity contribution is -0.255. The molecule has 0 unspecified atom stereocenters. The maximum atomic E-state index is 11.0. The van der Waals surface area contributed by atoms with E-state index in [1.165, 1.54) is 10.9 Å². The molecule has 0 amide bonds. The fraction of sp³-hybridized carbons (Fsp3) is 0.231. The Labute approximate surface area is 110 Å². The van der Waals surface area contributed by atoms with Gasteiger partial charge in [-0.2, -0.15) is 5.10 Å². The summed E-state index contributed by atoms with van der Waals surface area (Å²) in [6.45, 7) is 2.51. The standard InChI is InChI=1S/C13H15N3O3/c1-3-19-10-6-4-9(5-7-10)15-11-8-14-16(2)12(11)13(17)18/h4-8,15H,3H2,1-2H3,(H,17,18)/p-1. The molecule has 2 aromatic rings. The zero-order valence-corrected chi connectivity index (χ0v) is 10.7. The van der Waals surface area contributed by atoms with Gasteiger partial charge in [-0.05, 0) is 31.2 Å². The Kier molecular flexibility index (Phi) is 3.70. The van der Waals surface area contributed by atoms with Crippen molar-refractivity contribution < 1.29 is 14.6 Å². The molecule has 100 valence electrons. The van der Waals surface area contributed by atoms with Gasteiger partial charge >= 0.3 is 0 Å². The van der Waals surface area contributed by atoms with E-state index in [9.17, 15) is 9.90 Å². The molecule has 0 saturated heterocycles. The summed E-state index contributed by atoms with van der Waals surface area (Å²) in [5.74, 6) is -0.507. The van der Waals surface area contributed by atoms with Crippen LogP contribution in [0.4, 0.5) is 11.4 Å². The molecule has 1 heterocycles. The van der Waals surface area contributed by atoms with Crippen LogP contribution in [-0.2, 0) is 7.05 Å². The van der Waals surface area contributed by atoms with E-state index in [1.807, 2.05) is 6.92 Å². The van der Waals surface area contributed by atoms with Crippen molar-refractivity contribution in [2.24, 2.45) is 7.05 Å². The van der Waals surface area contributed by atoms with Crippen LogP contribution in [0.3, 0.4) is 0 Å².